The topological polar surface area (TPSA) is 53.5 Å². The van der Waals surface area contributed by atoms with E-state index in [4.69, 9.17) is 15.0 Å². The summed E-state index contributed by atoms with van der Waals surface area (Å²) in [5.74, 6) is 1.93. The lowest BCUT2D eigenvalue weighted by Gasteiger charge is -2.16. The van der Waals surface area contributed by atoms with Gasteiger partial charge in [0.05, 0.1) is 33.1 Å². The third-order valence-corrected chi connectivity index (χ3v) is 22.3. The molecular formula is C101H62N6. The molecule has 17 aromatic carbocycles. The highest BCUT2D eigenvalue weighted by Crippen LogP contribution is 2.54. The van der Waals surface area contributed by atoms with Crippen molar-refractivity contribution in [3.05, 3.63) is 376 Å². The van der Waals surface area contributed by atoms with Crippen LogP contribution in [0.3, 0.4) is 0 Å². The van der Waals surface area contributed by atoms with Crippen molar-refractivity contribution >= 4 is 87.0 Å². The van der Waals surface area contributed by atoms with Gasteiger partial charge in [0.1, 0.15) is 0 Å². The Morgan fingerprint density at radius 2 is 0.458 bits per heavy atom. The number of benzene rings is 17. The lowest BCUT2D eigenvalue weighted by atomic mass is 9.90. The second-order valence-corrected chi connectivity index (χ2v) is 28.0. The first-order valence-electron chi connectivity index (χ1n) is 36.7. The van der Waals surface area contributed by atoms with Gasteiger partial charge in [-0.25, -0.2) is 15.0 Å². The Morgan fingerprint density at radius 3 is 0.897 bits per heavy atom. The quantitative estimate of drug-likeness (QED) is 0.145. The smallest absolute Gasteiger partial charge is 0.164 e. The molecule has 2 aliphatic rings. The minimum Gasteiger partial charge on any atom is -0.309 e. The van der Waals surface area contributed by atoms with Gasteiger partial charge in [0.2, 0.25) is 0 Å². The highest BCUT2D eigenvalue weighted by atomic mass is 15.0. The second-order valence-electron chi connectivity index (χ2n) is 28.0. The highest BCUT2D eigenvalue weighted by molar-refractivity contribution is 6.33. The summed E-state index contributed by atoms with van der Waals surface area (Å²) < 4.78 is 7.26. The third-order valence-electron chi connectivity index (χ3n) is 22.3. The fourth-order valence-corrected chi connectivity index (χ4v) is 17.6. The number of nitrogens with zero attached hydrogens (tertiary/aromatic N) is 6. The fourth-order valence-electron chi connectivity index (χ4n) is 17.6. The van der Waals surface area contributed by atoms with Crippen LogP contribution >= 0.6 is 0 Å². The van der Waals surface area contributed by atoms with E-state index in [9.17, 15) is 0 Å². The van der Waals surface area contributed by atoms with Gasteiger partial charge in [0.15, 0.2) is 17.5 Å². The molecule has 0 amide bonds. The molecule has 23 rings (SSSR count). The van der Waals surface area contributed by atoms with E-state index in [1.54, 1.807) is 0 Å². The van der Waals surface area contributed by atoms with E-state index in [1.807, 2.05) is 60.7 Å². The van der Waals surface area contributed by atoms with E-state index >= 15 is 0 Å². The molecule has 496 valence electrons. The molecule has 2 aliphatic carbocycles. The van der Waals surface area contributed by atoms with Crippen LogP contribution in [-0.4, -0.2) is 28.7 Å². The van der Waals surface area contributed by atoms with Crippen LogP contribution in [0.25, 0.3) is 216 Å². The molecule has 0 bridgehead atoms. The molecule has 4 heterocycles. The Kier molecular flexibility index (Phi) is 13.6. The van der Waals surface area contributed by atoms with E-state index in [2.05, 4.69) is 329 Å². The predicted molar refractivity (Wildman–Crippen MR) is 446 cm³/mol. The number of aromatic nitrogens is 6. The first-order valence-corrected chi connectivity index (χ1v) is 36.7. The SMILES string of the molecule is c1ccc(-c2ccc3c4c2ccc2c4c4c(cccc4n2-c2ccc(-c4ccc(-n5c6ccccc6c6ccccc65)cc4)cc2)-c2ccccc2-3)cc1.c1ccc(-c2nc(-c3ccccc3)nc(-c3cccc(-n4c5cccc6c5c5c7c(ccc(-c8ccccc8)c7ccc54)-c4ccccc4-6)c3)n2)cc1. The van der Waals surface area contributed by atoms with Gasteiger partial charge in [0, 0.05) is 76.8 Å². The van der Waals surface area contributed by atoms with Crippen LogP contribution in [0, 0.1) is 0 Å². The van der Waals surface area contributed by atoms with E-state index in [1.165, 1.54) is 171 Å². The van der Waals surface area contributed by atoms with Crippen LogP contribution in [0.5, 0.6) is 0 Å². The van der Waals surface area contributed by atoms with Gasteiger partial charge >= 0.3 is 0 Å². The van der Waals surface area contributed by atoms with Crippen LogP contribution in [0.1, 0.15) is 0 Å². The van der Waals surface area contributed by atoms with Crippen LogP contribution in [0.15, 0.2) is 376 Å². The zero-order valence-corrected chi connectivity index (χ0v) is 58.0. The van der Waals surface area contributed by atoms with Crippen molar-refractivity contribution in [2.24, 2.45) is 0 Å². The van der Waals surface area contributed by atoms with Crippen molar-refractivity contribution in [2.75, 3.05) is 0 Å². The van der Waals surface area contributed by atoms with Crippen molar-refractivity contribution < 1.29 is 0 Å². The van der Waals surface area contributed by atoms with Crippen molar-refractivity contribution in [1.29, 1.82) is 0 Å². The average Bonchev–Trinajstić information content (AvgIpc) is 1.55. The van der Waals surface area contributed by atoms with Crippen molar-refractivity contribution in [1.82, 2.24) is 28.7 Å². The standard InChI is InChI=1S/C52H32N2.C49H30N4/c1-2-11-35(12-3-1)38-29-30-45-40-14-5-4-13-39(40)43-17-10-20-48-51(43)52-49(32-31-44(38)50(45)52)54(48)37-27-23-34(24-28-37)33-21-25-36(26-22-33)53-46-18-8-6-15-41(46)42-16-7-9-19-47(42)53;1-4-14-31(15-5-1)36-26-27-41-38-23-11-10-22-37(38)39-24-13-25-42-45(39)46-43(29-28-40(36)44(41)46)53(42)35-21-12-20-34(30-35)49-51-47(32-16-6-2-7-17-32)50-48(52-49)33-18-8-3-9-19-33/h1-32H;1-30H. The first kappa shape index (κ1) is 60.3. The van der Waals surface area contributed by atoms with E-state index in [0.717, 1.165) is 28.1 Å². The predicted octanol–water partition coefficient (Wildman–Crippen LogP) is 26.5. The average molecular weight is 1360 g/mol. The number of hydrogen-bond acceptors (Lipinski definition) is 3. The van der Waals surface area contributed by atoms with E-state index in [-0.39, 0.29) is 0 Å². The molecular weight excluding hydrogens is 1300 g/mol. The summed E-state index contributed by atoms with van der Waals surface area (Å²) in [5, 5.41) is 12.9. The normalized spacial score (nSPS) is 11.9. The highest BCUT2D eigenvalue weighted by Gasteiger charge is 2.29. The maximum Gasteiger partial charge on any atom is 0.164 e. The minimum absolute atomic E-state index is 0.635. The molecule has 6 nitrogen and oxygen atoms in total. The summed E-state index contributed by atoms with van der Waals surface area (Å²) in [4.78, 5) is 15.0. The Morgan fingerprint density at radius 1 is 0.150 bits per heavy atom. The maximum atomic E-state index is 5.05. The number of hydrogen-bond donors (Lipinski definition) is 0. The Bertz CT molecular complexity index is 7080. The lowest BCUT2D eigenvalue weighted by molar-refractivity contribution is 1.07. The first-order chi connectivity index (χ1) is 53.1. The second kappa shape index (κ2) is 24.1. The lowest BCUT2D eigenvalue weighted by Crippen LogP contribution is -2.01. The number of para-hydroxylation sites is 2. The maximum absolute atomic E-state index is 5.05. The monoisotopic (exact) mass is 1360 g/mol. The van der Waals surface area contributed by atoms with Crippen LogP contribution in [0.4, 0.5) is 0 Å². The van der Waals surface area contributed by atoms with Gasteiger partial charge in [-0.05, 0) is 161 Å². The van der Waals surface area contributed by atoms with Crippen LogP contribution in [-0.2, 0) is 0 Å². The van der Waals surface area contributed by atoms with Gasteiger partial charge in [-0.15, -0.1) is 0 Å². The molecule has 21 aromatic rings. The Labute approximate surface area is 616 Å². The van der Waals surface area contributed by atoms with Crippen molar-refractivity contribution in [3.8, 4) is 129 Å². The third kappa shape index (κ3) is 9.42. The molecule has 107 heavy (non-hydrogen) atoms. The zero-order valence-electron chi connectivity index (χ0n) is 58.0. The Hall–Kier alpha value is -14.3. The van der Waals surface area contributed by atoms with Crippen LogP contribution in [0.2, 0.25) is 0 Å². The summed E-state index contributed by atoms with van der Waals surface area (Å²) in [6, 6.07) is 136. The molecule has 0 saturated carbocycles. The summed E-state index contributed by atoms with van der Waals surface area (Å²) in [6.07, 6.45) is 0. The summed E-state index contributed by atoms with van der Waals surface area (Å²) in [5.41, 5.74) is 31.0. The summed E-state index contributed by atoms with van der Waals surface area (Å²) in [7, 11) is 0. The molecule has 0 unspecified atom stereocenters. The van der Waals surface area contributed by atoms with Gasteiger partial charge in [-0.1, -0.05) is 303 Å². The Balaban J connectivity index is 0.000000133. The summed E-state index contributed by atoms with van der Waals surface area (Å²) in [6.45, 7) is 0. The van der Waals surface area contributed by atoms with Crippen LogP contribution < -0.4 is 0 Å². The molecule has 0 spiro atoms. The molecule has 0 N–H and O–H groups in total. The van der Waals surface area contributed by atoms with Gasteiger partial charge in [0.25, 0.3) is 0 Å². The molecule has 0 radical (unpaired) electrons. The van der Waals surface area contributed by atoms with E-state index in [0.29, 0.717) is 17.5 Å². The van der Waals surface area contributed by atoms with Crippen molar-refractivity contribution in [3.63, 3.8) is 0 Å². The largest absolute Gasteiger partial charge is 0.309 e. The summed E-state index contributed by atoms with van der Waals surface area (Å²) >= 11 is 0. The van der Waals surface area contributed by atoms with E-state index < -0.39 is 0 Å². The fraction of sp³-hybridized carbons (Fsp3) is 0. The molecule has 4 aromatic heterocycles. The number of rotatable bonds is 9. The molecule has 6 heteroatoms. The van der Waals surface area contributed by atoms with Gasteiger partial charge < -0.3 is 13.7 Å². The zero-order chi connectivity index (χ0) is 70.2. The molecule has 0 aliphatic heterocycles. The number of fused-ring (bicyclic) bond motifs is 9. The molecule has 0 saturated heterocycles. The minimum atomic E-state index is 0.635. The molecule has 0 fully saturated rings. The molecule has 0 atom stereocenters. The van der Waals surface area contributed by atoms with Gasteiger partial charge in [-0.2, -0.15) is 0 Å². The van der Waals surface area contributed by atoms with Gasteiger partial charge in [-0.3, -0.25) is 0 Å². The van der Waals surface area contributed by atoms with Crippen molar-refractivity contribution in [2.45, 2.75) is 0 Å².